The first kappa shape index (κ1) is 17.2. The molecule has 1 N–H and O–H groups in total. The van der Waals surface area contributed by atoms with Crippen LogP contribution < -0.4 is 0 Å². The molecule has 0 bridgehead atoms. The first-order valence-electron chi connectivity index (χ1n) is 6.45. The highest BCUT2D eigenvalue weighted by atomic mass is 32.2. The van der Waals surface area contributed by atoms with Gasteiger partial charge in [0.1, 0.15) is 6.04 Å². The van der Waals surface area contributed by atoms with E-state index < -0.39 is 44.2 Å². The minimum Gasteiger partial charge on any atom is -0.480 e. The first-order valence-corrected chi connectivity index (χ1v) is 7.89. The van der Waals surface area contributed by atoms with Gasteiger partial charge in [-0.3, -0.25) is 4.79 Å². The van der Waals surface area contributed by atoms with Crippen molar-refractivity contribution in [3.8, 4) is 6.07 Å². The summed E-state index contributed by atoms with van der Waals surface area (Å²) < 4.78 is 64.4. The summed E-state index contributed by atoms with van der Waals surface area (Å²) in [4.78, 5) is 10.4. The molecule has 10 heteroatoms. The topological polar surface area (TPSA) is 98.5 Å². The van der Waals surface area contributed by atoms with Gasteiger partial charge in [0.2, 0.25) is 10.0 Å². The van der Waals surface area contributed by atoms with Crippen molar-refractivity contribution < 1.29 is 31.5 Å². The number of hydrogen-bond donors (Lipinski definition) is 1. The molecule has 1 aliphatic rings. The maximum Gasteiger partial charge on any atom is 0.417 e. The summed E-state index contributed by atoms with van der Waals surface area (Å²) in [6, 6.07) is 2.06. The van der Waals surface area contributed by atoms with E-state index in [0.717, 1.165) is 12.1 Å². The Hall–Kier alpha value is -2.12. The Labute approximate surface area is 129 Å². The van der Waals surface area contributed by atoms with E-state index in [4.69, 9.17) is 10.4 Å². The zero-order valence-corrected chi connectivity index (χ0v) is 12.4. The first-order chi connectivity index (χ1) is 10.6. The standard InChI is InChI=1S/C13H11F3N2O4S/c14-13(15,16)10-6-9(4-3-8(10)7-17)23(21,22)18-5-1-2-11(18)12(19)20/h3-4,6,11H,1-2,5H2,(H,19,20). The number of carboxylic acid groups (broad SMARTS) is 1. The van der Waals surface area contributed by atoms with Crippen LogP contribution in [0.2, 0.25) is 0 Å². The predicted molar refractivity (Wildman–Crippen MR) is 70.7 cm³/mol. The molecule has 23 heavy (non-hydrogen) atoms. The number of nitriles is 1. The Balaban J connectivity index is 2.53. The van der Waals surface area contributed by atoms with Crippen LogP contribution in [-0.2, 0) is 21.0 Å². The second-order valence-corrected chi connectivity index (χ2v) is 6.82. The van der Waals surface area contributed by atoms with E-state index in [1.807, 2.05) is 0 Å². The smallest absolute Gasteiger partial charge is 0.417 e. The highest BCUT2D eigenvalue weighted by Crippen LogP contribution is 2.35. The van der Waals surface area contributed by atoms with E-state index in [1.165, 1.54) is 6.07 Å². The molecule has 0 spiro atoms. The number of hydrogen-bond acceptors (Lipinski definition) is 4. The average Bonchev–Trinajstić information content (AvgIpc) is 2.96. The zero-order chi connectivity index (χ0) is 17.4. The number of aliphatic carboxylic acids is 1. The highest BCUT2D eigenvalue weighted by Gasteiger charge is 2.41. The molecule has 1 saturated heterocycles. The van der Waals surface area contributed by atoms with Gasteiger partial charge in [-0.1, -0.05) is 0 Å². The lowest BCUT2D eigenvalue weighted by atomic mass is 10.1. The third-order valence-electron chi connectivity index (χ3n) is 3.51. The van der Waals surface area contributed by atoms with Crippen LogP contribution >= 0.6 is 0 Å². The van der Waals surface area contributed by atoms with Gasteiger partial charge in [-0.2, -0.15) is 22.7 Å². The molecule has 1 atom stereocenters. The lowest BCUT2D eigenvalue weighted by Gasteiger charge is -2.21. The number of benzene rings is 1. The number of halogens is 3. The average molecular weight is 348 g/mol. The molecule has 1 aromatic rings. The molecule has 124 valence electrons. The molecule has 1 aliphatic heterocycles. The number of carboxylic acids is 1. The Morgan fingerprint density at radius 1 is 1.39 bits per heavy atom. The van der Waals surface area contributed by atoms with Gasteiger partial charge in [0.25, 0.3) is 0 Å². The van der Waals surface area contributed by atoms with E-state index in [0.29, 0.717) is 16.8 Å². The van der Waals surface area contributed by atoms with Crippen molar-refractivity contribution in [3.05, 3.63) is 29.3 Å². The highest BCUT2D eigenvalue weighted by molar-refractivity contribution is 7.89. The summed E-state index contributed by atoms with van der Waals surface area (Å²) in [5.41, 5.74) is -2.07. The van der Waals surface area contributed by atoms with E-state index in [9.17, 15) is 26.4 Å². The lowest BCUT2D eigenvalue weighted by Crippen LogP contribution is -2.40. The van der Waals surface area contributed by atoms with Crippen molar-refractivity contribution in [1.29, 1.82) is 5.26 Å². The molecule has 6 nitrogen and oxygen atoms in total. The second-order valence-electron chi connectivity index (χ2n) is 4.93. The maximum absolute atomic E-state index is 12.9. The number of alkyl halides is 3. The molecule has 1 aromatic carbocycles. The van der Waals surface area contributed by atoms with Crippen molar-refractivity contribution in [2.24, 2.45) is 0 Å². The van der Waals surface area contributed by atoms with E-state index >= 15 is 0 Å². The van der Waals surface area contributed by atoms with Crippen LogP contribution in [0.1, 0.15) is 24.0 Å². The minimum atomic E-state index is -4.90. The normalized spacial score (nSPS) is 19.5. The fourth-order valence-corrected chi connectivity index (χ4v) is 4.10. The van der Waals surface area contributed by atoms with Crippen molar-refractivity contribution in [1.82, 2.24) is 4.31 Å². The number of sulfonamides is 1. The Morgan fingerprint density at radius 2 is 2.04 bits per heavy atom. The minimum absolute atomic E-state index is 0.0827. The van der Waals surface area contributed by atoms with Crippen LogP contribution in [-0.4, -0.2) is 36.4 Å². The summed E-state index contributed by atoms with van der Waals surface area (Å²) in [6.07, 6.45) is -4.50. The largest absolute Gasteiger partial charge is 0.480 e. The molecule has 0 aliphatic carbocycles. The second kappa shape index (κ2) is 5.82. The van der Waals surface area contributed by atoms with E-state index in [2.05, 4.69) is 0 Å². The molecule has 0 saturated carbocycles. The number of rotatable bonds is 3. The summed E-state index contributed by atoms with van der Waals surface area (Å²) in [7, 11) is -4.40. The number of nitrogens with zero attached hydrogens (tertiary/aromatic N) is 2. The predicted octanol–water partition coefficient (Wildman–Crippen LogP) is 1.81. The van der Waals surface area contributed by atoms with E-state index in [1.54, 1.807) is 0 Å². The van der Waals surface area contributed by atoms with E-state index in [-0.39, 0.29) is 13.0 Å². The Morgan fingerprint density at radius 3 is 2.57 bits per heavy atom. The van der Waals surface area contributed by atoms with Gasteiger partial charge in [-0.05, 0) is 31.0 Å². The van der Waals surface area contributed by atoms with Gasteiger partial charge >= 0.3 is 12.1 Å². The molecule has 0 amide bonds. The van der Waals surface area contributed by atoms with Crippen LogP contribution in [0.3, 0.4) is 0 Å². The van der Waals surface area contributed by atoms with Crippen molar-refractivity contribution in [2.45, 2.75) is 30.0 Å². The van der Waals surface area contributed by atoms with Crippen LogP contribution in [0.25, 0.3) is 0 Å². The van der Waals surface area contributed by atoms with Gasteiger partial charge in [-0.25, -0.2) is 8.42 Å². The SMILES string of the molecule is N#Cc1ccc(S(=O)(=O)N2CCCC2C(=O)O)cc1C(F)(F)F. The van der Waals surface area contributed by atoms with Gasteiger partial charge in [0, 0.05) is 6.54 Å². The Bertz CT molecular complexity index is 783. The van der Waals surface area contributed by atoms with Gasteiger partial charge in [0.15, 0.2) is 0 Å². The van der Waals surface area contributed by atoms with Crippen LogP contribution in [0, 0.1) is 11.3 Å². The molecule has 0 aromatic heterocycles. The lowest BCUT2D eigenvalue weighted by molar-refractivity contribution is -0.141. The zero-order valence-electron chi connectivity index (χ0n) is 11.5. The molecule has 0 radical (unpaired) electrons. The summed E-state index contributed by atoms with van der Waals surface area (Å²) >= 11 is 0. The molecule has 1 unspecified atom stereocenters. The monoisotopic (exact) mass is 348 g/mol. The summed E-state index contributed by atoms with van der Waals surface area (Å²) in [5.74, 6) is -1.35. The Kier molecular flexibility index (Phi) is 4.37. The number of carbonyl (C=O) groups is 1. The molecule has 1 fully saturated rings. The molecular formula is C13H11F3N2O4S. The third kappa shape index (κ3) is 3.16. The molecule has 2 rings (SSSR count). The van der Waals surface area contributed by atoms with Gasteiger partial charge in [0.05, 0.1) is 22.1 Å². The van der Waals surface area contributed by atoms with Crippen LogP contribution in [0.5, 0.6) is 0 Å². The van der Waals surface area contributed by atoms with Gasteiger partial charge < -0.3 is 5.11 Å². The molecule has 1 heterocycles. The maximum atomic E-state index is 12.9. The van der Waals surface area contributed by atoms with Crippen molar-refractivity contribution in [2.75, 3.05) is 6.54 Å². The molecular weight excluding hydrogens is 337 g/mol. The quantitative estimate of drug-likeness (QED) is 0.898. The van der Waals surface area contributed by atoms with Crippen molar-refractivity contribution >= 4 is 16.0 Å². The third-order valence-corrected chi connectivity index (χ3v) is 5.42. The fourth-order valence-electron chi connectivity index (χ4n) is 2.43. The van der Waals surface area contributed by atoms with Crippen LogP contribution in [0.15, 0.2) is 23.1 Å². The van der Waals surface area contributed by atoms with Gasteiger partial charge in [-0.15, -0.1) is 0 Å². The fraction of sp³-hybridized carbons (Fsp3) is 0.385. The summed E-state index contributed by atoms with van der Waals surface area (Å²) in [5, 5.41) is 17.7. The van der Waals surface area contributed by atoms with Crippen LogP contribution in [0.4, 0.5) is 13.2 Å². The van der Waals surface area contributed by atoms with Crippen molar-refractivity contribution in [3.63, 3.8) is 0 Å². The summed E-state index contributed by atoms with van der Waals surface area (Å²) in [6.45, 7) is -0.0827.